The molecule has 0 aliphatic heterocycles. The van der Waals surface area contributed by atoms with Gasteiger partial charge in [-0.25, -0.2) is 4.79 Å². The fourth-order valence-corrected chi connectivity index (χ4v) is 5.67. The maximum atomic E-state index is 13.2. The molecular formula is C25H25NO5S. The lowest BCUT2D eigenvalue weighted by molar-refractivity contribution is 0.0524. The van der Waals surface area contributed by atoms with E-state index in [-0.39, 0.29) is 24.2 Å². The first-order valence-electron chi connectivity index (χ1n) is 10.9. The summed E-state index contributed by atoms with van der Waals surface area (Å²) in [6.07, 6.45) is 7.42. The molecule has 2 aromatic heterocycles. The predicted octanol–water partition coefficient (Wildman–Crippen LogP) is 4.64. The molecule has 32 heavy (non-hydrogen) atoms. The zero-order valence-corrected chi connectivity index (χ0v) is 18.9. The third-order valence-electron chi connectivity index (χ3n) is 6.20. The van der Waals surface area contributed by atoms with E-state index in [9.17, 15) is 14.7 Å². The van der Waals surface area contributed by atoms with Crippen LogP contribution in [0.3, 0.4) is 0 Å². The number of H-pyrrole nitrogens is 1. The van der Waals surface area contributed by atoms with Gasteiger partial charge in [0.15, 0.2) is 5.75 Å². The summed E-state index contributed by atoms with van der Waals surface area (Å²) in [6.45, 7) is 2.01. The molecule has 0 unspecified atom stereocenters. The number of aromatic amines is 1. The summed E-state index contributed by atoms with van der Waals surface area (Å²) in [7, 11) is 1.61. The van der Waals surface area contributed by atoms with Crippen LogP contribution in [0.5, 0.6) is 5.75 Å². The second-order valence-corrected chi connectivity index (χ2v) is 9.41. The molecule has 1 aromatic carbocycles. The van der Waals surface area contributed by atoms with Gasteiger partial charge in [0.25, 0.3) is 0 Å². The molecule has 166 valence electrons. The highest BCUT2D eigenvalue weighted by Gasteiger charge is 2.32. The van der Waals surface area contributed by atoms with E-state index in [1.54, 1.807) is 25.4 Å². The molecule has 2 aliphatic rings. The topological polar surface area (TPSA) is 88.6 Å². The molecule has 0 saturated heterocycles. The number of ether oxygens (including phenoxy) is 2. The summed E-state index contributed by atoms with van der Waals surface area (Å²) in [4.78, 5) is 31.0. The molecular weight excluding hydrogens is 426 g/mol. The van der Waals surface area contributed by atoms with Crippen LogP contribution in [0.25, 0.3) is 27.4 Å². The number of nitrogens with one attached hydrogen (secondary N) is 1. The number of aliphatic hydroxyl groups excluding tert-OH is 1. The number of aliphatic hydroxyl groups is 1. The summed E-state index contributed by atoms with van der Waals surface area (Å²) >= 11 is 1.74. The van der Waals surface area contributed by atoms with Crippen molar-refractivity contribution in [2.75, 3.05) is 20.3 Å². The third-order valence-corrected chi connectivity index (χ3v) is 7.43. The fraction of sp³-hybridized carbons (Fsp3) is 0.360. The number of benzene rings is 1. The van der Waals surface area contributed by atoms with Gasteiger partial charge in [0.1, 0.15) is 5.56 Å². The SMILES string of the molecule is CCOC(=O)c1c[nH]c2c(OC)c(-c3cc4c(s3)CCC(CO)=C4)c(C3CC3)cc2c1=O. The molecule has 2 heterocycles. The van der Waals surface area contributed by atoms with Gasteiger partial charge >= 0.3 is 5.97 Å². The lowest BCUT2D eigenvalue weighted by atomic mass is 9.95. The minimum atomic E-state index is -0.621. The molecule has 1 saturated carbocycles. The molecule has 5 rings (SSSR count). The number of hydrogen-bond donors (Lipinski definition) is 2. The van der Waals surface area contributed by atoms with E-state index in [0.29, 0.717) is 22.6 Å². The fourth-order valence-electron chi connectivity index (χ4n) is 4.47. The zero-order valence-electron chi connectivity index (χ0n) is 18.1. The number of methoxy groups -OCH3 is 1. The summed E-state index contributed by atoms with van der Waals surface area (Å²) in [5, 5.41) is 9.98. The van der Waals surface area contributed by atoms with Crippen molar-refractivity contribution in [3.8, 4) is 16.2 Å². The Balaban J connectivity index is 1.74. The van der Waals surface area contributed by atoms with E-state index in [0.717, 1.165) is 52.8 Å². The average Bonchev–Trinajstić information content (AvgIpc) is 3.56. The average molecular weight is 452 g/mol. The highest BCUT2D eigenvalue weighted by atomic mass is 32.1. The number of thiophene rings is 1. The van der Waals surface area contributed by atoms with Gasteiger partial charge in [-0.2, -0.15) is 0 Å². The molecule has 0 radical (unpaired) electrons. The number of rotatable bonds is 6. The highest BCUT2D eigenvalue weighted by Crippen LogP contribution is 2.51. The number of carbonyl (C=O) groups excluding carboxylic acids is 1. The Morgan fingerprint density at radius 3 is 2.78 bits per heavy atom. The lowest BCUT2D eigenvalue weighted by Crippen LogP contribution is -2.18. The van der Waals surface area contributed by atoms with Gasteiger partial charge in [-0.1, -0.05) is 6.08 Å². The molecule has 1 fully saturated rings. The van der Waals surface area contributed by atoms with Crippen molar-refractivity contribution in [1.82, 2.24) is 4.98 Å². The van der Waals surface area contributed by atoms with E-state index in [4.69, 9.17) is 9.47 Å². The number of hydrogen-bond acceptors (Lipinski definition) is 6. The number of aryl methyl sites for hydroxylation is 1. The van der Waals surface area contributed by atoms with Crippen molar-refractivity contribution in [1.29, 1.82) is 0 Å². The maximum absolute atomic E-state index is 13.2. The molecule has 2 N–H and O–H groups in total. The number of aromatic nitrogens is 1. The number of carbonyl (C=O) groups is 1. The highest BCUT2D eigenvalue weighted by molar-refractivity contribution is 7.15. The Labute approximate surface area is 189 Å². The molecule has 7 heteroatoms. The maximum Gasteiger partial charge on any atom is 0.343 e. The van der Waals surface area contributed by atoms with Gasteiger partial charge in [-0.05, 0) is 67.4 Å². The van der Waals surface area contributed by atoms with Crippen molar-refractivity contribution >= 4 is 34.3 Å². The Morgan fingerprint density at radius 1 is 1.28 bits per heavy atom. The summed E-state index contributed by atoms with van der Waals surface area (Å²) in [5.74, 6) is 0.377. The Hall–Kier alpha value is -2.90. The molecule has 6 nitrogen and oxygen atoms in total. The molecule has 0 spiro atoms. The first-order chi connectivity index (χ1) is 15.5. The summed E-state index contributed by atoms with van der Waals surface area (Å²) in [5.41, 5.74) is 4.55. The molecule has 0 bridgehead atoms. The lowest BCUT2D eigenvalue weighted by Gasteiger charge is -2.16. The van der Waals surface area contributed by atoms with E-state index >= 15 is 0 Å². The first kappa shape index (κ1) is 21.0. The van der Waals surface area contributed by atoms with Crippen LogP contribution in [0.4, 0.5) is 0 Å². The van der Waals surface area contributed by atoms with Crippen LogP contribution < -0.4 is 10.2 Å². The third kappa shape index (κ3) is 3.45. The van der Waals surface area contributed by atoms with Gasteiger partial charge in [0.05, 0.1) is 31.2 Å². The van der Waals surface area contributed by atoms with Crippen molar-refractivity contribution in [3.63, 3.8) is 0 Å². The molecule has 0 atom stereocenters. The second kappa shape index (κ2) is 8.22. The zero-order chi connectivity index (χ0) is 22.4. The normalized spacial score (nSPS) is 15.4. The Bertz CT molecular complexity index is 1310. The largest absolute Gasteiger partial charge is 0.494 e. The monoisotopic (exact) mass is 451 g/mol. The number of esters is 1. The van der Waals surface area contributed by atoms with Gasteiger partial charge in [0, 0.05) is 21.5 Å². The van der Waals surface area contributed by atoms with Crippen LogP contribution in [-0.2, 0) is 11.2 Å². The van der Waals surface area contributed by atoms with Crippen LogP contribution in [0.1, 0.15) is 58.5 Å². The minimum absolute atomic E-state index is 0.00385. The van der Waals surface area contributed by atoms with Crippen molar-refractivity contribution in [2.45, 2.75) is 38.5 Å². The van der Waals surface area contributed by atoms with Crippen molar-refractivity contribution < 1.29 is 19.4 Å². The van der Waals surface area contributed by atoms with Crippen LogP contribution in [0.2, 0.25) is 0 Å². The Kier molecular flexibility index (Phi) is 5.39. The summed E-state index contributed by atoms with van der Waals surface area (Å²) in [6, 6.07) is 4.09. The minimum Gasteiger partial charge on any atom is -0.494 e. The van der Waals surface area contributed by atoms with Gasteiger partial charge in [0.2, 0.25) is 5.43 Å². The predicted molar refractivity (Wildman–Crippen MR) is 126 cm³/mol. The van der Waals surface area contributed by atoms with Gasteiger partial charge < -0.3 is 19.6 Å². The van der Waals surface area contributed by atoms with E-state index in [2.05, 4.69) is 17.1 Å². The molecule has 3 aromatic rings. The smallest absolute Gasteiger partial charge is 0.343 e. The number of fused-ring (bicyclic) bond motifs is 2. The van der Waals surface area contributed by atoms with E-state index < -0.39 is 5.97 Å². The van der Waals surface area contributed by atoms with Crippen molar-refractivity contribution in [3.05, 3.63) is 55.7 Å². The van der Waals surface area contributed by atoms with E-state index in [1.165, 1.54) is 11.1 Å². The Morgan fingerprint density at radius 2 is 2.09 bits per heavy atom. The van der Waals surface area contributed by atoms with Crippen LogP contribution in [0, 0.1) is 0 Å². The van der Waals surface area contributed by atoms with Gasteiger partial charge in [-0.3, -0.25) is 4.79 Å². The summed E-state index contributed by atoms with van der Waals surface area (Å²) < 4.78 is 10.9. The number of pyridine rings is 1. The van der Waals surface area contributed by atoms with E-state index in [1.807, 2.05) is 6.07 Å². The quantitative estimate of drug-likeness (QED) is 0.533. The standard InChI is InChI=1S/C25H25NO5S/c1-3-31-25(29)18-11-26-22-17(23(18)28)10-16(14-5-6-14)21(24(22)30-2)20-9-15-8-13(12-27)4-7-19(15)32-20/h8-11,14,27H,3-7,12H2,1-2H3,(H,26,28). The van der Waals surface area contributed by atoms with Gasteiger partial charge in [-0.15, -0.1) is 11.3 Å². The van der Waals surface area contributed by atoms with Crippen LogP contribution in [-0.4, -0.2) is 36.4 Å². The van der Waals surface area contributed by atoms with Crippen LogP contribution in [0.15, 0.2) is 28.7 Å². The molecule has 2 aliphatic carbocycles. The van der Waals surface area contributed by atoms with Crippen LogP contribution >= 0.6 is 11.3 Å². The first-order valence-corrected chi connectivity index (χ1v) is 11.7. The second-order valence-electron chi connectivity index (χ2n) is 8.27. The van der Waals surface area contributed by atoms with Crippen molar-refractivity contribution in [2.24, 2.45) is 0 Å². The molecule has 0 amide bonds.